The second-order valence-electron chi connectivity index (χ2n) is 5.22. The maximum Gasteiger partial charge on any atom is 0.0948 e. The molecule has 2 fully saturated rings. The molecule has 0 aliphatic carbocycles. The molecule has 1 unspecified atom stereocenters. The Hall–Kier alpha value is -0.480. The minimum Gasteiger partial charge on any atom is -0.334 e. The quantitative estimate of drug-likeness (QED) is 0.892. The summed E-state index contributed by atoms with van der Waals surface area (Å²) in [5, 5.41) is 3.44. The molecule has 0 saturated carbocycles. The molecule has 3 heterocycles. The SMILES string of the molecule is c1ncn(CC2CCSC2)c1C1CCNCC1. The molecule has 0 spiro atoms. The van der Waals surface area contributed by atoms with Gasteiger partial charge in [0.2, 0.25) is 0 Å². The second-order valence-corrected chi connectivity index (χ2v) is 6.37. The summed E-state index contributed by atoms with van der Waals surface area (Å²) in [6, 6.07) is 0. The highest BCUT2D eigenvalue weighted by atomic mass is 32.2. The van der Waals surface area contributed by atoms with Crippen LogP contribution in [-0.4, -0.2) is 34.1 Å². The van der Waals surface area contributed by atoms with Crippen molar-refractivity contribution in [3.8, 4) is 0 Å². The lowest BCUT2D eigenvalue weighted by molar-refractivity contribution is 0.418. The first-order chi connectivity index (χ1) is 8.43. The summed E-state index contributed by atoms with van der Waals surface area (Å²) < 4.78 is 2.42. The van der Waals surface area contributed by atoms with E-state index in [1.165, 1.54) is 43.0 Å². The Morgan fingerprint density at radius 1 is 1.35 bits per heavy atom. The first-order valence-corrected chi connectivity index (χ1v) is 7.87. The zero-order valence-electron chi connectivity index (χ0n) is 10.3. The van der Waals surface area contributed by atoms with Gasteiger partial charge < -0.3 is 9.88 Å². The van der Waals surface area contributed by atoms with E-state index >= 15 is 0 Å². The Morgan fingerprint density at radius 3 is 3.00 bits per heavy atom. The Kier molecular flexibility index (Phi) is 3.71. The van der Waals surface area contributed by atoms with E-state index in [-0.39, 0.29) is 0 Å². The minimum atomic E-state index is 0.729. The number of aromatic nitrogens is 2. The number of hydrogen-bond acceptors (Lipinski definition) is 3. The molecule has 3 nitrogen and oxygen atoms in total. The van der Waals surface area contributed by atoms with Gasteiger partial charge in [-0.3, -0.25) is 0 Å². The second kappa shape index (κ2) is 5.44. The first kappa shape index (κ1) is 11.6. The van der Waals surface area contributed by atoms with Gasteiger partial charge in [0.15, 0.2) is 0 Å². The summed E-state index contributed by atoms with van der Waals surface area (Å²) in [7, 11) is 0. The number of imidazole rings is 1. The van der Waals surface area contributed by atoms with Gasteiger partial charge in [-0.05, 0) is 49.8 Å². The molecule has 17 heavy (non-hydrogen) atoms. The molecule has 0 amide bonds. The zero-order chi connectivity index (χ0) is 11.5. The topological polar surface area (TPSA) is 29.9 Å². The van der Waals surface area contributed by atoms with Crippen LogP contribution in [0.25, 0.3) is 0 Å². The summed E-state index contributed by atoms with van der Waals surface area (Å²) in [6.45, 7) is 3.51. The smallest absolute Gasteiger partial charge is 0.0948 e. The third-order valence-electron chi connectivity index (χ3n) is 3.98. The van der Waals surface area contributed by atoms with Crippen molar-refractivity contribution in [3.63, 3.8) is 0 Å². The molecule has 0 bridgehead atoms. The highest BCUT2D eigenvalue weighted by Crippen LogP contribution is 2.28. The highest BCUT2D eigenvalue weighted by molar-refractivity contribution is 7.99. The van der Waals surface area contributed by atoms with E-state index in [9.17, 15) is 0 Å². The molecule has 1 aromatic heterocycles. The predicted molar refractivity (Wildman–Crippen MR) is 72.5 cm³/mol. The Balaban J connectivity index is 1.69. The molecule has 1 atom stereocenters. The maximum atomic E-state index is 4.38. The van der Waals surface area contributed by atoms with E-state index in [1.54, 1.807) is 0 Å². The highest BCUT2D eigenvalue weighted by Gasteiger charge is 2.21. The van der Waals surface area contributed by atoms with Crippen LogP contribution in [0.2, 0.25) is 0 Å². The minimum absolute atomic E-state index is 0.729. The lowest BCUT2D eigenvalue weighted by Gasteiger charge is -2.24. The van der Waals surface area contributed by atoms with Crippen LogP contribution in [0, 0.1) is 5.92 Å². The summed E-state index contributed by atoms with van der Waals surface area (Å²) in [6.07, 6.45) is 8.06. The van der Waals surface area contributed by atoms with Crippen molar-refractivity contribution >= 4 is 11.8 Å². The van der Waals surface area contributed by atoms with E-state index in [4.69, 9.17) is 0 Å². The van der Waals surface area contributed by atoms with Gasteiger partial charge in [-0.25, -0.2) is 4.98 Å². The largest absolute Gasteiger partial charge is 0.334 e. The van der Waals surface area contributed by atoms with Crippen molar-refractivity contribution in [1.82, 2.24) is 14.9 Å². The zero-order valence-corrected chi connectivity index (χ0v) is 11.1. The molecule has 0 aromatic carbocycles. The lowest BCUT2D eigenvalue weighted by Crippen LogP contribution is -2.28. The summed E-state index contributed by atoms with van der Waals surface area (Å²) in [4.78, 5) is 4.38. The van der Waals surface area contributed by atoms with Crippen LogP contribution < -0.4 is 5.32 Å². The van der Waals surface area contributed by atoms with Crippen LogP contribution in [0.1, 0.15) is 30.9 Å². The molecular weight excluding hydrogens is 230 g/mol. The van der Waals surface area contributed by atoms with Crippen molar-refractivity contribution in [1.29, 1.82) is 0 Å². The van der Waals surface area contributed by atoms with E-state index in [1.807, 2.05) is 6.33 Å². The van der Waals surface area contributed by atoms with Crippen LogP contribution in [0.3, 0.4) is 0 Å². The average molecular weight is 251 g/mol. The van der Waals surface area contributed by atoms with Crippen molar-refractivity contribution in [2.45, 2.75) is 31.7 Å². The fourth-order valence-corrected chi connectivity index (χ4v) is 4.22. The van der Waals surface area contributed by atoms with Gasteiger partial charge in [-0.2, -0.15) is 11.8 Å². The van der Waals surface area contributed by atoms with Gasteiger partial charge in [0, 0.05) is 24.4 Å². The number of nitrogens with zero attached hydrogens (tertiary/aromatic N) is 2. The molecule has 94 valence electrons. The Bertz CT molecular complexity index is 351. The maximum absolute atomic E-state index is 4.38. The number of piperidine rings is 1. The molecule has 3 rings (SSSR count). The van der Waals surface area contributed by atoms with Gasteiger partial charge in [0.25, 0.3) is 0 Å². The van der Waals surface area contributed by atoms with Crippen molar-refractivity contribution in [3.05, 3.63) is 18.2 Å². The van der Waals surface area contributed by atoms with E-state index in [0.29, 0.717) is 0 Å². The van der Waals surface area contributed by atoms with E-state index in [0.717, 1.165) is 24.9 Å². The number of rotatable bonds is 3. The first-order valence-electron chi connectivity index (χ1n) is 6.72. The molecule has 1 N–H and O–H groups in total. The third kappa shape index (κ3) is 2.68. The predicted octanol–water partition coefficient (Wildman–Crippen LogP) is 2.10. The molecule has 4 heteroatoms. The summed E-state index contributed by atoms with van der Waals surface area (Å²) in [5.41, 5.74) is 1.48. The van der Waals surface area contributed by atoms with Gasteiger partial charge in [-0.15, -0.1) is 0 Å². The van der Waals surface area contributed by atoms with Crippen LogP contribution >= 0.6 is 11.8 Å². The summed E-state index contributed by atoms with van der Waals surface area (Å²) in [5.74, 6) is 4.29. The van der Waals surface area contributed by atoms with Crippen molar-refractivity contribution in [2.24, 2.45) is 5.92 Å². The fourth-order valence-electron chi connectivity index (χ4n) is 2.95. The molecule has 1 aromatic rings. The van der Waals surface area contributed by atoms with E-state index < -0.39 is 0 Å². The number of hydrogen-bond donors (Lipinski definition) is 1. The normalized spacial score (nSPS) is 26.5. The van der Waals surface area contributed by atoms with Crippen molar-refractivity contribution < 1.29 is 0 Å². The monoisotopic (exact) mass is 251 g/mol. The van der Waals surface area contributed by atoms with Crippen LogP contribution in [0.4, 0.5) is 0 Å². The fraction of sp³-hybridized carbons (Fsp3) is 0.769. The molecular formula is C13H21N3S. The molecule has 0 radical (unpaired) electrons. The number of nitrogens with one attached hydrogen (secondary N) is 1. The standard InChI is InChI=1S/C13H21N3S/c1-4-14-5-2-12(1)13-7-15-10-16(13)8-11-3-6-17-9-11/h7,10-12,14H,1-6,8-9H2. The van der Waals surface area contributed by atoms with E-state index in [2.05, 4.69) is 32.8 Å². The molecule has 2 aliphatic rings. The van der Waals surface area contributed by atoms with Gasteiger partial charge in [0.05, 0.1) is 6.33 Å². The average Bonchev–Trinajstić information content (AvgIpc) is 3.02. The molecule has 2 saturated heterocycles. The third-order valence-corrected chi connectivity index (χ3v) is 5.21. The van der Waals surface area contributed by atoms with Crippen molar-refractivity contribution in [2.75, 3.05) is 24.6 Å². The molecule has 2 aliphatic heterocycles. The Morgan fingerprint density at radius 2 is 2.24 bits per heavy atom. The van der Waals surface area contributed by atoms with Gasteiger partial charge in [0.1, 0.15) is 0 Å². The van der Waals surface area contributed by atoms with Gasteiger partial charge in [-0.1, -0.05) is 0 Å². The Labute approximate surface area is 107 Å². The van der Waals surface area contributed by atoms with Crippen LogP contribution in [0.5, 0.6) is 0 Å². The van der Waals surface area contributed by atoms with Gasteiger partial charge >= 0.3 is 0 Å². The lowest BCUT2D eigenvalue weighted by atomic mass is 9.94. The summed E-state index contributed by atoms with van der Waals surface area (Å²) >= 11 is 2.10. The van der Waals surface area contributed by atoms with Crippen LogP contribution in [0.15, 0.2) is 12.5 Å². The number of thioether (sulfide) groups is 1. The van der Waals surface area contributed by atoms with Crippen LogP contribution in [-0.2, 0) is 6.54 Å².